The first-order valence-electron chi connectivity index (χ1n) is 14.3. The summed E-state index contributed by atoms with van der Waals surface area (Å²) in [5, 5.41) is 11.3. The van der Waals surface area contributed by atoms with Crippen molar-refractivity contribution in [1.82, 2.24) is 0 Å². The number of ether oxygens (including phenoxy) is 4. The Balaban J connectivity index is 1.25. The van der Waals surface area contributed by atoms with Gasteiger partial charge in [-0.2, -0.15) is 0 Å². The smallest absolute Gasteiger partial charge is 0.336 e. The van der Waals surface area contributed by atoms with E-state index in [0.717, 1.165) is 44.1 Å². The Morgan fingerprint density at radius 1 is 1.11 bits per heavy atom. The van der Waals surface area contributed by atoms with E-state index >= 15 is 0 Å². The van der Waals surface area contributed by atoms with Gasteiger partial charge in [0.1, 0.15) is 23.6 Å². The standard InChI is InChI=1S/C30H44O7/c1-15-11-22(36-27(33)18(15)14-34-5)16(2)19-7-8-20-17-12-25-30(37-25)26(32)23(35-6)13-24(31)29(30,4)21(17)9-10-28(19,20)3/h16-17,19-23,25-26,32H,7-14H2,1-6H3/t16-,17-,19+,20-,21-,22+,23-,25+,26-,28+,29-,30-/m0/s1. The van der Waals surface area contributed by atoms with Crippen molar-refractivity contribution in [2.75, 3.05) is 20.8 Å². The number of fused-ring (bicyclic) bond motifs is 4. The fourth-order valence-corrected chi connectivity index (χ4v) is 10.4. The van der Waals surface area contributed by atoms with Gasteiger partial charge >= 0.3 is 5.97 Å². The fraction of sp³-hybridized carbons (Fsp3) is 0.867. The first-order valence-corrected chi connectivity index (χ1v) is 14.3. The van der Waals surface area contributed by atoms with Crippen LogP contribution >= 0.6 is 0 Å². The van der Waals surface area contributed by atoms with Gasteiger partial charge in [-0.05, 0) is 81.0 Å². The van der Waals surface area contributed by atoms with E-state index in [1.807, 2.05) is 6.92 Å². The van der Waals surface area contributed by atoms with Crippen LogP contribution in [0.1, 0.15) is 72.6 Å². The second-order valence-electron chi connectivity index (χ2n) is 13.5. The van der Waals surface area contributed by atoms with E-state index in [4.69, 9.17) is 18.9 Å². The summed E-state index contributed by atoms with van der Waals surface area (Å²) in [4.78, 5) is 26.5. The number of epoxide rings is 1. The third kappa shape index (κ3) is 3.26. The molecule has 1 saturated heterocycles. The van der Waals surface area contributed by atoms with Crippen molar-refractivity contribution in [1.29, 1.82) is 0 Å². The summed E-state index contributed by atoms with van der Waals surface area (Å²) in [5.74, 6) is 1.88. The van der Waals surface area contributed by atoms with Crippen LogP contribution in [0.15, 0.2) is 11.1 Å². The van der Waals surface area contributed by atoms with Gasteiger partial charge < -0.3 is 24.1 Å². The molecule has 0 amide bonds. The van der Waals surface area contributed by atoms with Crippen LogP contribution in [-0.4, -0.2) is 67.7 Å². The second-order valence-corrected chi connectivity index (χ2v) is 13.5. The highest BCUT2D eigenvalue weighted by Gasteiger charge is 2.82. The molecular weight excluding hydrogens is 472 g/mol. The maximum atomic E-state index is 13.7. The number of Topliss-reactive ketones (excluding diaryl/α,β-unsaturated/α-hetero) is 1. The van der Waals surface area contributed by atoms with Crippen LogP contribution in [0, 0.1) is 40.4 Å². The Morgan fingerprint density at radius 2 is 1.86 bits per heavy atom. The lowest BCUT2D eigenvalue weighted by atomic mass is 9.43. The fourth-order valence-electron chi connectivity index (χ4n) is 10.4. The van der Waals surface area contributed by atoms with Crippen LogP contribution in [0.25, 0.3) is 0 Å². The van der Waals surface area contributed by atoms with Gasteiger partial charge in [-0.25, -0.2) is 4.79 Å². The number of aliphatic hydroxyl groups excluding tert-OH is 1. The molecule has 12 atom stereocenters. The molecule has 7 heteroatoms. The van der Waals surface area contributed by atoms with Gasteiger partial charge in [0.15, 0.2) is 0 Å². The molecule has 4 saturated carbocycles. The highest BCUT2D eigenvalue weighted by atomic mass is 16.6. The van der Waals surface area contributed by atoms with E-state index in [9.17, 15) is 14.7 Å². The molecule has 5 fully saturated rings. The normalized spacial score (nSPS) is 51.5. The lowest BCUT2D eigenvalue weighted by molar-refractivity contribution is -0.183. The number of cyclic esters (lactones) is 1. The van der Waals surface area contributed by atoms with Crippen molar-refractivity contribution in [3.05, 3.63) is 11.1 Å². The van der Waals surface area contributed by atoms with Gasteiger partial charge in [0.2, 0.25) is 0 Å². The molecule has 6 aliphatic rings. The first kappa shape index (κ1) is 26.0. The summed E-state index contributed by atoms with van der Waals surface area (Å²) < 4.78 is 23.1. The summed E-state index contributed by atoms with van der Waals surface area (Å²) in [5.41, 5.74) is 0.473. The van der Waals surface area contributed by atoms with Gasteiger partial charge in [0.25, 0.3) is 0 Å². The van der Waals surface area contributed by atoms with Crippen LogP contribution in [0.2, 0.25) is 0 Å². The second kappa shape index (κ2) is 8.61. The number of ketones is 1. The highest BCUT2D eigenvalue weighted by molar-refractivity contribution is 5.90. The Labute approximate surface area is 220 Å². The molecule has 0 aromatic rings. The molecule has 7 nitrogen and oxygen atoms in total. The number of aliphatic hydroxyl groups is 1. The molecule has 2 heterocycles. The van der Waals surface area contributed by atoms with Crippen molar-refractivity contribution >= 4 is 11.8 Å². The molecule has 0 aromatic heterocycles. The third-order valence-corrected chi connectivity index (χ3v) is 12.4. The number of hydrogen-bond donors (Lipinski definition) is 1. The molecule has 0 radical (unpaired) electrons. The maximum absolute atomic E-state index is 13.7. The largest absolute Gasteiger partial charge is 0.458 e. The zero-order valence-electron chi connectivity index (χ0n) is 23.2. The average molecular weight is 517 g/mol. The molecule has 2 aliphatic heterocycles. The number of carbonyl (C=O) groups excluding carboxylic acids is 2. The quantitative estimate of drug-likeness (QED) is 0.438. The zero-order chi connectivity index (χ0) is 26.5. The van der Waals surface area contributed by atoms with Gasteiger partial charge in [0.05, 0.1) is 29.8 Å². The molecular formula is C30H44O7. The molecule has 0 bridgehead atoms. The van der Waals surface area contributed by atoms with E-state index in [2.05, 4.69) is 20.8 Å². The molecule has 0 unspecified atom stereocenters. The minimum absolute atomic E-state index is 0.0687. The predicted octanol–water partition coefficient (Wildman–Crippen LogP) is 3.86. The van der Waals surface area contributed by atoms with E-state index in [1.54, 1.807) is 14.2 Å². The van der Waals surface area contributed by atoms with E-state index in [-0.39, 0.29) is 47.6 Å². The van der Waals surface area contributed by atoms with Gasteiger partial charge in [-0.3, -0.25) is 4.79 Å². The summed E-state index contributed by atoms with van der Waals surface area (Å²) >= 11 is 0. The monoisotopic (exact) mass is 516 g/mol. The van der Waals surface area contributed by atoms with Crippen molar-refractivity contribution < 1.29 is 33.6 Å². The Morgan fingerprint density at radius 3 is 2.54 bits per heavy atom. The van der Waals surface area contributed by atoms with Crippen LogP contribution in [0.5, 0.6) is 0 Å². The van der Waals surface area contributed by atoms with Crippen molar-refractivity contribution in [3.8, 4) is 0 Å². The van der Waals surface area contributed by atoms with Crippen molar-refractivity contribution in [2.24, 2.45) is 40.4 Å². The number of methoxy groups -OCH3 is 2. The predicted molar refractivity (Wildman–Crippen MR) is 136 cm³/mol. The average Bonchev–Trinajstić information content (AvgIpc) is 3.50. The van der Waals surface area contributed by atoms with Crippen LogP contribution in [0.3, 0.4) is 0 Å². The summed E-state index contributed by atoms with van der Waals surface area (Å²) in [6.45, 7) is 9.17. The van der Waals surface area contributed by atoms with Gasteiger partial charge in [-0.15, -0.1) is 0 Å². The summed E-state index contributed by atoms with van der Waals surface area (Å²) in [6, 6.07) is 0. The first-order chi connectivity index (χ1) is 17.5. The summed E-state index contributed by atoms with van der Waals surface area (Å²) in [6.07, 6.45) is 4.87. The number of esters is 1. The highest BCUT2D eigenvalue weighted by Crippen LogP contribution is 2.73. The van der Waals surface area contributed by atoms with Gasteiger partial charge in [0, 0.05) is 27.1 Å². The molecule has 4 aliphatic carbocycles. The minimum atomic E-state index is -0.775. The summed E-state index contributed by atoms with van der Waals surface area (Å²) in [7, 11) is 3.19. The Bertz CT molecular complexity index is 1020. The topological polar surface area (TPSA) is 94.6 Å². The van der Waals surface area contributed by atoms with E-state index in [1.165, 1.54) is 0 Å². The van der Waals surface area contributed by atoms with Gasteiger partial charge in [-0.1, -0.05) is 19.4 Å². The molecule has 37 heavy (non-hydrogen) atoms. The number of rotatable bonds is 5. The van der Waals surface area contributed by atoms with Crippen molar-refractivity contribution in [3.63, 3.8) is 0 Å². The SMILES string of the molecule is COCC1=C(C)C[C@H]([C@@H](C)[C@H]2CC[C@H]3[C@@H]4C[C@H]5O[C@]56[C@@H](O)[C@@H](OC)CC(=O)[C@]6(C)[C@H]4CC[C@]23C)OC1=O. The Hall–Kier alpha value is -1.28. The number of hydrogen-bond acceptors (Lipinski definition) is 7. The molecule has 1 spiro atoms. The molecule has 1 N–H and O–H groups in total. The maximum Gasteiger partial charge on any atom is 0.336 e. The molecule has 6 rings (SSSR count). The molecule has 206 valence electrons. The Kier molecular flexibility index (Phi) is 6.04. The lowest BCUT2D eigenvalue weighted by Gasteiger charge is -2.59. The van der Waals surface area contributed by atoms with Crippen LogP contribution in [0.4, 0.5) is 0 Å². The van der Waals surface area contributed by atoms with Crippen molar-refractivity contribution in [2.45, 2.75) is 103 Å². The molecule has 0 aromatic carbocycles. The number of carbonyl (C=O) groups is 2. The third-order valence-electron chi connectivity index (χ3n) is 12.4. The van der Waals surface area contributed by atoms with Crippen LogP contribution < -0.4 is 0 Å². The van der Waals surface area contributed by atoms with E-state index in [0.29, 0.717) is 29.9 Å². The lowest BCUT2D eigenvalue weighted by Crippen LogP contribution is -2.68. The minimum Gasteiger partial charge on any atom is -0.458 e. The zero-order valence-corrected chi connectivity index (χ0v) is 23.2. The van der Waals surface area contributed by atoms with E-state index < -0.39 is 23.2 Å². The van der Waals surface area contributed by atoms with Crippen LogP contribution in [-0.2, 0) is 28.5 Å².